The Bertz CT molecular complexity index is 650. The molecule has 1 aromatic rings. The van der Waals surface area contributed by atoms with Gasteiger partial charge in [0.2, 0.25) is 0 Å². The number of benzene rings is 1. The number of carbonyl (C=O) groups excluding carboxylic acids is 1. The number of likely N-dealkylation sites (N-methyl/N-ethyl adjacent to an activating group) is 1. The lowest BCUT2D eigenvalue weighted by Gasteiger charge is -2.38. The highest BCUT2D eigenvalue weighted by atomic mass is 127. The number of hydrogen-bond acceptors (Lipinski definition) is 4. The predicted octanol–water partition coefficient (Wildman–Crippen LogP) is 1.93. The van der Waals surface area contributed by atoms with Crippen molar-refractivity contribution < 1.29 is 4.79 Å². The maximum atomic E-state index is 12.8. The molecule has 21 heavy (non-hydrogen) atoms. The summed E-state index contributed by atoms with van der Waals surface area (Å²) in [4.78, 5) is 21.0. The van der Waals surface area contributed by atoms with Crippen LogP contribution in [0.4, 0.5) is 5.69 Å². The van der Waals surface area contributed by atoms with Crippen molar-refractivity contribution >= 4 is 40.0 Å². The van der Waals surface area contributed by atoms with E-state index in [0.717, 1.165) is 27.2 Å². The summed E-state index contributed by atoms with van der Waals surface area (Å²) in [7, 11) is 1.87. The summed E-state index contributed by atoms with van der Waals surface area (Å²) < 4.78 is 1.15. The van der Waals surface area contributed by atoms with Crippen LogP contribution in [0.3, 0.4) is 0 Å². The van der Waals surface area contributed by atoms with Crippen LogP contribution in [0.15, 0.2) is 40.5 Å². The Morgan fingerprint density at radius 1 is 1.33 bits per heavy atom. The van der Waals surface area contributed by atoms with Crippen molar-refractivity contribution in [2.24, 2.45) is 10.7 Å². The number of amides is 1. The zero-order valence-corrected chi connectivity index (χ0v) is 14.2. The van der Waals surface area contributed by atoms with Gasteiger partial charge in [0, 0.05) is 29.3 Å². The molecular formula is C15H17IN4O. The number of halogens is 1. The lowest BCUT2D eigenvalue weighted by Crippen LogP contribution is -2.52. The van der Waals surface area contributed by atoms with Crippen LogP contribution in [0.25, 0.3) is 0 Å². The van der Waals surface area contributed by atoms with E-state index in [2.05, 4.69) is 27.6 Å². The van der Waals surface area contributed by atoms with Gasteiger partial charge in [-0.15, -0.1) is 0 Å². The lowest BCUT2D eigenvalue weighted by molar-refractivity contribution is -0.116. The summed E-state index contributed by atoms with van der Waals surface area (Å²) in [5, 5.41) is 0. The van der Waals surface area contributed by atoms with Crippen LogP contribution in [0.5, 0.6) is 0 Å². The van der Waals surface area contributed by atoms with Crippen LogP contribution in [0.2, 0.25) is 0 Å². The fraction of sp³-hybridized carbons (Fsp3) is 0.333. The molecule has 2 N–H and O–H groups in total. The van der Waals surface area contributed by atoms with E-state index in [1.807, 2.05) is 43.1 Å². The molecule has 1 aromatic carbocycles. The first-order valence-corrected chi connectivity index (χ1v) is 7.91. The summed E-state index contributed by atoms with van der Waals surface area (Å²) in [6.45, 7) is 2.56. The number of anilines is 1. The molecule has 0 saturated heterocycles. The molecule has 0 aromatic heterocycles. The monoisotopic (exact) mass is 396 g/mol. The van der Waals surface area contributed by atoms with Gasteiger partial charge in [0.15, 0.2) is 0 Å². The largest absolute Gasteiger partial charge is 0.344 e. The molecule has 1 unspecified atom stereocenters. The standard InChI is InChI=1S/C15H17IN4O/c1-9-18-12-7-8-20(11-5-3-10(16)4-6-11)15(21)13(12)14(17)19(9)2/h3-6,14H,7-8,17H2,1-2H3. The van der Waals surface area contributed by atoms with Crippen LogP contribution in [0, 0.1) is 3.57 Å². The Morgan fingerprint density at radius 3 is 2.67 bits per heavy atom. The van der Waals surface area contributed by atoms with Crippen molar-refractivity contribution in [2.75, 3.05) is 18.5 Å². The smallest absolute Gasteiger partial charge is 0.259 e. The third-order valence-electron chi connectivity index (χ3n) is 4.02. The van der Waals surface area contributed by atoms with Crippen molar-refractivity contribution in [1.82, 2.24) is 4.90 Å². The fourth-order valence-corrected chi connectivity index (χ4v) is 3.03. The van der Waals surface area contributed by atoms with Gasteiger partial charge in [0.05, 0.1) is 11.3 Å². The van der Waals surface area contributed by atoms with Crippen molar-refractivity contribution in [2.45, 2.75) is 19.5 Å². The minimum atomic E-state index is -0.420. The third kappa shape index (κ3) is 2.46. The molecule has 0 aliphatic carbocycles. The number of hydrogen-bond donors (Lipinski definition) is 1. The highest BCUT2D eigenvalue weighted by Crippen LogP contribution is 2.30. The van der Waals surface area contributed by atoms with Crippen molar-refractivity contribution in [3.63, 3.8) is 0 Å². The number of amidine groups is 1. The number of carbonyl (C=O) groups is 1. The van der Waals surface area contributed by atoms with Crippen molar-refractivity contribution in [3.8, 4) is 0 Å². The van der Waals surface area contributed by atoms with Crippen molar-refractivity contribution in [1.29, 1.82) is 0 Å². The third-order valence-corrected chi connectivity index (χ3v) is 4.74. The van der Waals surface area contributed by atoms with Gasteiger partial charge in [-0.2, -0.15) is 0 Å². The molecule has 2 aliphatic rings. The Kier molecular flexibility index (Phi) is 3.75. The molecule has 6 heteroatoms. The molecule has 0 bridgehead atoms. The van der Waals surface area contributed by atoms with Gasteiger partial charge in [-0.3, -0.25) is 4.79 Å². The van der Waals surface area contributed by atoms with E-state index in [4.69, 9.17) is 5.73 Å². The van der Waals surface area contributed by atoms with Gasteiger partial charge >= 0.3 is 0 Å². The van der Waals surface area contributed by atoms with E-state index < -0.39 is 6.17 Å². The number of aliphatic imine (C=N–C) groups is 1. The highest BCUT2D eigenvalue weighted by Gasteiger charge is 2.36. The number of nitrogens with zero attached hydrogens (tertiary/aromatic N) is 3. The molecule has 2 heterocycles. The fourth-order valence-electron chi connectivity index (χ4n) is 2.67. The molecule has 3 rings (SSSR count). The topological polar surface area (TPSA) is 61.9 Å². The second-order valence-corrected chi connectivity index (χ2v) is 6.50. The molecular weight excluding hydrogens is 379 g/mol. The molecule has 0 fully saturated rings. The van der Waals surface area contributed by atoms with E-state index in [9.17, 15) is 4.79 Å². The van der Waals surface area contributed by atoms with Crippen LogP contribution in [-0.4, -0.2) is 36.4 Å². The van der Waals surface area contributed by atoms with Gasteiger partial charge in [-0.05, 0) is 53.8 Å². The van der Waals surface area contributed by atoms with Gasteiger partial charge in [-0.1, -0.05) is 0 Å². The first kappa shape index (κ1) is 14.5. The molecule has 0 saturated carbocycles. The van der Waals surface area contributed by atoms with Gasteiger partial charge in [0.1, 0.15) is 12.0 Å². The van der Waals surface area contributed by atoms with Gasteiger partial charge in [-0.25, -0.2) is 4.99 Å². The average Bonchev–Trinajstić information content (AvgIpc) is 2.46. The van der Waals surface area contributed by atoms with Gasteiger partial charge in [0.25, 0.3) is 5.91 Å². The Morgan fingerprint density at radius 2 is 2.00 bits per heavy atom. The van der Waals surface area contributed by atoms with Gasteiger partial charge < -0.3 is 15.5 Å². The molecule has 0 spiro atoms. The molecule has 1 atom stereocenters. The Labute approximate surface area is 137 Å². The summed E-state index contributed by atoms with van der Waals surface area (Å²) >= 11 is 2.25. The van der Waals surface area contributed by atoms with E-state index >= 15 is 0 Å². The Balaban J connectivity index is 1.97. The van der Waals surface area contributed by atoms with Crippen LogP contribution >= 0.6 is 22.6 Å². The molecule has 2 aliphatic heterocycles. The van der Waals surface area contributed by atoms with E-state index in [1.54, 1.807) is 4.90 Å². The minimum absolute atomic E-state index is 0.0342. The van der Waals surface area contributed by atoms with E-state index in [0.29, 0.717) is 12.1 Å². The zero-order valence-electron chi connectivity index (χ0n) is 12.0. The quantitative estimate of drug-likeness (QED) is 0.739. The van der Waals surface area contributed by atoms with Crippen LogP contribution < -0.4 is 10.6 Å². The number of nitrogens with two attached hydrogens (primary N) is 1. The second kappa shape index (κ2) is 5.42. The van der Waals surface area contributed by atoms with Crippen molar-refractivity contribution in [3.05, 3.63) is 39.1 Å². The van der Waals surface area contributed by atoms with E-state index in [-0.39, 0.29) is 5.91 Å². The first-order chi connectivity index (χ1) is 9.99. The predicted molar refractivity (Wildman–Crippen MR) is 92.0 cm³/mol. The SMILES string of the molecule is CC1=NC2=C(C(=O)N(c3ccc(I)cc3)CC2)C(N)N1C. The maximum absolute atomic E-state index is 12.8. The first-order valence-electron chi connectivity index (χ1n) is 6.83. The molecule has 5 nitrogen and oxygen atoms in total. The molecule has 1 amide bonds. The summed E-state index contributed by atoms with van der Waals surface area (Å²) in [5.41, 5.74) is 8.58. The maximum Gasteiger partial charge on any atom is 0.259 e. The number of rotatable bonds is 1. The summed E-state index contributed by atoms with van der Waals surface area (Å²) in [5.74, 6) is 0.824. The second-order valence-electron chi connectivity index (χ2n) is 5.26. The lowest BCUT2D eigenvalue weighted by atomic mass is 9.99. The molecule has 0 radical (unpaired) electrons. The zero-order chi connectivity index (χ0) is 15.1. The van der Waals surface area contributed by atoms with Crippen LogP contribution in [0.1, 0.15) is 13.3 Å². The minimum Gasteiger partial charge on any atom is -0.344 e. The Hall–Kier alpha value is -1.41. The van der Waals surface area contributed by atoms with Crippen LogP contribution in [-0.2, 0) is 4.79 Å². The average molecular weight is 396 g/mol. The summed E-state index contributed by atoms with van der Waals surface area (Å²) in [6.07, 6.45) is 0.322. The highest BCUT2D eigenvalue weighted by molar-refractivity contribution is 14.1. The molecule has 110 valence electrons. The summed E-state index contributed by atoms with van der Waals surface area (Å²) in [6, 6.07) is 7.94. The normalized spacial score (nSPS) is 22.4. The van der Waals surface area contributed by atoms with E-state index in [1.165, 1.54) is 0 Å².